The van der Waals surface area contributed by atoms with Crippen molar-refractivity contribution in [2.24, 2.45) is 22.5 Å². The molecule has 0 aromatic heterocycles. The van der Waals surface area contributed by atoms with Gasteiger partial charge in [-0.2, -0.15) is 0 Å². The van der Waals surface area contributed by atoms with Crippen LogP contribution in [0.1, 0.15) is 101 Å². The minimum Gasteiger partial charge on any atom is -0.460 e. The maximum atomic E-state index is 13.6. The molecule has 0 aromatic rings. The zero-order valence-electron chi connectivity index (χ0n) is 28.3. The third-order valence-corrected chi connectivity index (χ3v) is 7.34. The van der Waals surface area contributed by atoms with Crippen molar-refractivity contribution < 1.29 is 33.5 Å². The van der Waals surface area contributed by atoms with Crippen molar-refractivity contribution in [2.45, 2.75) is 125 Å². The van der Waals surface area contributed by atoms with Gasteiger partial charge in [0.1, 0.15) is 24.7 Å². The summed E-state index contributed by atoms with van der Waals surface area (Å²) in [6.45, 7) is 20.4. The summed E-state index contributed by atoms with van der Waals surface area (Å²) in [7, 11) is 0. The van der Waals surface area contributed by atoms with Gasteiger partial charge in [0, 0.05) is 6.54 Å². The van der Waals surface area contributed by atoms with Gasteiger partial charge in [0.15, 0.2) is 5.78 Å². The van der Waals surface area contributed by atoms with Gasteiger partial charge in [-0.25, -0.2) is 9.59 Å². The van der Waals surface area contributed by atoms with E-state index in [1.165, 1.54) is 37.2 Å². The molecule has 5 N–H and O–H groups in total. The maximum absolute atomic E-state index is 13.6. The second-order valence-corrected chi connectivity index (χ2v) is 13.9. The van der Waals surface area contributed by atoms with Gasteiger partial charge in [-0.1, -0.05) is 80.4 Å². The summed E-state index contributed by atoms with van der Waals surface area (Å²) in [6, 6.07) is -3.94. The van der Waals surface area contributed by atoms with E-state index in [2.05, 4.69) is 35.2 Å². The van der Waals surface area contributed by atoms with Gasteiger partial charge < -0.3 is 31.3 Å². The zero-order valence-corrected chi connectivity index (χ0v) is 28.3. The molecule has 0 spiro atoms. The van der Waals surface area contributed by atoms with Gasteiger partial charge in [-0.3, -0.25) is 19.2 Å². The van der Waals surface area contributed by atoms with Crippen LogP contribution in [0.2, 0.25) is 0 Å². The highest BCUT2D eigenvalue weighted by atomic mass is 16.5. The molecular weight excluding hydrogens is 566 g/mol. The zero-order chi connectivity index (χ0) is 34.3. The molecule has 12 heteroatoms. The van der Waals surface area contributed by atoms with E-state index in [0.29, 0.717) is 25.8 Å². The highest BCUT2D eigenvalue weighted by Crippen LogP contribution is 2.27. The van der Waals surface area contributed by atoms with Crippen molar-refractivity contribution in [3.63, 3.8) is 0 Å². The summed E-state index contributed by atoms with van der Waals surface area (Å²) < 4.78 is 5.15. The van der Waals surface area contributed by atoms with E-state index in [0.717, 1.165) is 5.92 Å². The largest absolute Gasteiger partial charge is 0.460 e. The predicted octanol–water partition coefficient (Wildman–Crippen LogP) is 3.23. The van der Waals surface area contributed by atoms with Crippen LogP contribution in [0.5, 0.6) is 0 Å². The molecule has 1 aliphatic heterocycles. The Morgan fingerprint density at radius 2 is 1.55 bits per heavy atom. The summed E-state index contributed by atoms with van der Waals surface area (Å²) in [6.07, 6.45) is 7.58. The van der Waals surface area contributed by atoms with E-state index in [1.807, 2.05) is 41.5 Å². The molecule has 1 saturated carbocycles. The highest BCUT2D eigenvalue weighted by molar-refractivity contribution is 5.95. The average molecular weight is 624 g/mol. The number of ketones is 1. The van der Waals surface area contributed by atoms with Gasteiger partial charge in [0.25, 0.3) is 0 Å². The summed E-state index contributed by atoms with van der Waals surface area (Å²) in [5.74, 6) is -0.491. The SMILES string of the molecule is C=CCOC(=O)C(CC(C)(C)C)NC(=O)NC(C(=O)N1CCCC1C(=O)NC(C)C(C)=O)C(C)(C)C.CC1CCC1.NC=O. The van der Waals surface area contributed by atoms with Crippen molar-refractivity contribution in [3.05, 3.63) is 12.7 Å². The van der Waals surface area contributed by atoms with Crippen LogP contribution in [0, 0.1) is 16.7 Å². The molecule has 1 aliphatic carbocycles. The number of urea groups is 1. The number of rotatable bonds is 10. The molecule has 44 heavy (non-hydrogen) atoms. The summed E-state index contributed by atoms with van der Waals surface area (Å²) in [5.41, 5.74) is 3.20. The van der Waals surface area contributed by atoms with Crippen LogP contribution in [-0.2, 0) is 28.7 Å². The molecule has 4 atom stereocenters. The summed E-state index contributed by atoms with van der Waals surface area (Å²) in [5, 5.41) is 8.04. The Balaban J connectivity index is 0.00000201. The molecule has 0 aromatic carbocycles. The third-order valence-electron chi connectivity index (χ3n) is 7.34. The normalized spacial score (nSPS) is 18.3. The number of ether oxygens (including phenoxy) is 1. The molecule has 2 fully saturated rings. The standard InChI is InChI=1S/C26H44N4O6.C5H10.CH3NO/c1-10-14-36-23(34)18(15-25(4,5)6)28-24(35)29-20(26(7,8)9)22(33)30-13-11-12-19(30)21(32)27-16(2)17(3)31;1-5-3-2-4-5;2-1-3/h10,16,18-20H,1,11-15H2,2-9H3,(H,27,32)(H2,28,29,35);5H,2-4H2,1H3;1H,(H2,2,3). The lowest BCUT2D eigenvalue weighted by atomic mass is 9.85. The highest BCUT2D eigenvalue weighted by Gasteiger charge is 2.42. The van der Waals surface area contributed by atoms with Crippen LogP contribution in [0.15, 0.2) is 12.7 Å². The first-order valence-electron chi connectivity index (χ1n) is 15.4. The van der Waals surface area contributed by atoms with E-state index in [9.17, 15) is 24.0 Å². The number of hydrogen-bond donors (Lipinski definition) is 4. The van der Waals surface area contributed by atoms with E-state index in [1.54, 1.807) is 6.92 Å². The number of carbonyl (C=O) groups is 6. The summed E-state index contributed by atoms with van der Waals surface area (Å²) >= 11 is 0. The lowest BCUT2D eigenvalue weighted by Gasteiger charge is -2.36. The molecule has 12 nitrogen and oxygen atoms in total. The molecule has 4 unspecified atom stereocenters. The van der Waals surface area contributed by atoms with E-state index >= 15 is 0 Å². The summed E-state index contributed by atoms with van der Waals surface area (Å²) in [4.78, 5) is 73.5. The number of nitrogens with zero attached hydrogens (tertiary/aromatic N) is 1. The smallest absolute Gasteiger partial charge is 0.329 e. The van der Waals surface area contributed by atoms with Gasteiger partial charge in [-0.05, 0) is 49.9 Å². The van der Waals surface area contributed by atoms with Gasteiger partial charge in [0.2, 0.25) is 18.2 Å². The fourth-order valence-electron chi connectivity index (χ4n) is 4.52. The minimum absolute atomic E-state index is 0.0204. The number of hydrogen-bond acceptors (Lipinski definition) is 7. The van der Waals surface area contributed by atoms with E-state index < -0.39 is 53.4 Å². The second-order valence-electron chi connectivity index (χ2n) is 13.9. The average Bonchev–Trinajstić information content (AvgIpc) is 3.38. The first kappa shape index (κ1) is 40.6. The Morgan fingerprint density at radius 3 is 1.95 bits per heavy atom. The number of Topliss-reactive ketones (excluding diaryl/α,β-unsaturated/α-hetero) is 1. The molecule has 2 aliphatic rings. The quantitative estimate of drug-likeness (QED) is 0.164. The van der Waals surface area contributed by atoms with Crippen LogP contribution in [-0.4, -0.2) is 78.2 Å². The molecule has 252 valence electrons. The maximum Gasteiger partial charge on any atom is 0.329 e. The Morgan fingerprint density at radius 1 is 1.00 bits per heavy atom. The van der Waals surface area contributed by atoms with Crippen LogP contribution >= 0.6 is 0 Å². The Kier molecular flexibility index (Phi) is 17.6. The Labute approximate surface area is 263 Å². The number of nitrogens with two attached hydrogens (primary N) is 1. The van der Waals surface area contributed by atoms with Crippen LogP contribution in [0.3, 0.4) is 0 Å². The molecule has 2 rings (SSSR count). The molecular formula is C32H57N5O7. The minimum atomic E-state index is -0.962. The molecule has 5 amide bonds. The van der Waals surface area contributed by atoms with Crippen LogP contribution < -0.4 is 21.7 Å². The van der Waals surface area contributed by atoms with Crippen molar-refractivity contribution in [1.29, 1.82) is 0 Å². The Bertz CT molecular complexity index is 982. The van der Waals surface area contributed by atoms with E-state index in [-0.39, 0.29) is 24.2 Å². The molecule has 1 saturated heterocycles. The second kappa shape index (κ2) is 19.1. The molecule has 0 bridgehead atoms. The Hall–Kier alpha value is -3.44. The molecule has 1 heterocycles. The number of carbonyl (C=O) groups excluding carboxylic acids is 6. The fourth-order valence-corrected chi connectivity index (χ4v) is 4.52. The van der Waals surface area contributed by atoms with Crippen molar-refractivity contribution >= 4 is 36.0 Å². The number of nitrogens with one attached hydrogen (secondary N) is 3. The number of esters is 1. The lowest BCUT2D eigenvalue weighted by Crippen LogP contribution is -2.60. The number of primary amides is 1. The predicted molar refractivity (Wildman–Crippen MR) is 170 cm³/mol. The van der Waals surface area contributed by atoms with E-state index in [4.69, 9.17) is 9.53 Å². The first-order chi connectivity index (χ1) is 20.3. The lowest BCUT2D eigenvalue weighted by molar-refractivity contribution is -0.145. The van der Waals surface area contributed by atoms with Gasteiger partial charge in [0.05, 0.1) is 6.04 Å². The van der Waals surface area contributed by atoms with Crippen LogP contribution in [0.25, 0.3) is 0 Å². The monoisotopic (exact) mass is 623 g/mol. The van der Waals surface area contributed by atoms with Gasteiger partial charge in [-0.15, -0.1) is 0 Å². The molecule has 0 radical (unpaired) electrons. The topological polar surface area (TPSA) is 177 Å². The van der Waals surface area contributed by atoms with Gasteiger partial charge >= 0.3 is 12.0 Å². The third kappa shape index (κ3) is 15.3. The fraction of sp³-hybridized carbons (Fsp3) is 0.750. The number of likely N-dealkylation sites (tertiary alicyclic amines) is 1. The van der Waals surface area contributed by atoms with Crippen molar-refractivity contribution in [2.75, 3.05) is 13.2 Å². The van der Waals surface area contributed by atoms with Crippen molar-refractivity contribution in [3.8, 4) is 0 Å². The van der Waals surface area contributed by atoms with Crippen molar-refractivity contribution in [1.82, 2.24) is 20.9 Å². The van der Waals surface area contributed by atoms with Crippen LogP contribution in [0.4, 0.5) is 4.79 Å². The number of amides is 5. The first-order valence-corrected chi connectivity index (χ1v) is 15.4.